The molecule has 0 radical (unpaired) electrons. The molecule has 1 saturated heterocycles. The first-order valence-corrected chi connectivity index (χ1v) is 6.08. The van der Waals surface area contributed by atoms with Crippen molar-refractivity contribution in [2.75, 3.05) is 6.54 Å². The van der Waals surface area contributed by atoms with Crippen LogP contribution in [0.1, 0.15) is 42.4 Å². The maximum atomic E-state index is 14.0. The summed E-state index contributed by atoms with van der Waals surface area (Å²) in [6, 6.07) is 4.25. The lowest BCUT2D eigenvalue weighted by Gasteiger charge is -2.29. The van der Waals surface area contributed by atoms with E-state index in [-0.39, 0.29) is 5.82 Å². The summed E-state index contributed by atoms with van der Waals surface area (Å²) in [5.41, 5.74) is 3.07. The zero-order valence-electron chi connectivity index (χ0n) is 10.3. The molecule has 1 aromatic rings. The van der Waals surface area contributed by atoms with Crippen molar-refractivity contribution in [3.8, 4) is 0 Å². The maximum absolute atomic E-state index is 14.0. The first kappa shape index (κ1) is 11.6. The van der Waals surface area contributed by atoms with Crippen LogP contribution in [0, 0.1) is 19.7 Å². The lowest BCUT2D eigenvalue weighted by Crippen LogP contribution is -2.35. The summed E-state index contributed by atoms with van der Waals surface area (Å²) >= 11 is 0. The Morgan fingerprint density at radius 3 is 2.69 bits per heavy atom. The molecule has 0 spiro atoms. The Hall–Kier alpha value is -0.890. The molecule has 0 amide bonds. The van der Waals surface area contributed by atoms with Gasteiger partial charge in [-0.15, -0.1) is 0 Å². The van der Waals surface area contributed by atoms with Crippen molar-refractivity contribution in [3.63, 3.8) is 0 Å². The highest BCUT2D eigenvalue weighted by Gasteiger charge is 2.23. The number of rotatable bonds is 1. The average Bonchev–Trinajstić information content (AvgIpc) is 2.15. The van der Waals surface area contributed by atoms with E-state index >= 15 is 0 Å². The predicted octanol–water partition coefficient (Wildman–Crippen LogP) is 3.30. The van der Waals surface area contributed by atoms with Crippen molar-refractivity contribution in [3.05, 3.63) is 34.6 Å². The van der Waals surface area contributed by atoms with Crippen molar-refractivity contribution >= 4 is 0 Å². The fraction of sp³-hybridized carbons (Fsp3) is 0.571. The molecule has 1 fully saturated rings. The highest BCUT2D eigenvalue weighted by Crippen LogP contribution is 2.32. The Labute approximate surface area is 97.1 Å². The van der Waals surface area contributed by atoms with E-state index in [2.05, 4.69) is 18.3 Å². The van der Waals surface area contributed by atoms with Gasteiger partial charge in [-0.2, -0.15) is 0 Å². The van der Waals surface area contributed by atoms with Crippen molar-refractivity contribution in [2.24, 2.45) is 0 Å². The van der Waals surface area contributed by atoms with Crippen LogP contribution >= 0.6 is 0 Å². The van der Waals surface area contributed by atoms with Crippen molar-refractivity contribution < 1.29 is 4.39 Å². The number of nitrogens with one attached hydrogen (secondary N) is 1. The third kappa shape index (κ3) is 2.27. The van der Waals surface area contributed by atoms with Crippen molar-refractivity contribution in [1.82, 2.24) is 5.32 Å². The van der Waals surface area contributed by atoms with Crippen LogP contribution in [-0.2, 0) is 0 Å². The van der Waals surface area contributed by atoms with E-state index in [1.54, 1.807) is 6.07 Å². The third-order valence-electron chi connectivity index (χ3n) is 3.51. The summed E-state index contributed by atoms with van der Waals surface area (Å²) in [6.07, 6.45) is 2.09. The van der Waals surface area contributed by atoms with Gasteiger partial charge in [-0.05, 0) is 68.8 Å². The number of hydrogen-bond donors (Lipinski definition) is 1. The van der Waals surface area contributed by atoms with E-state index < -0.39 is 0 Å². The SMILES string of the molecule is Cc1cc(C)c(C2CCNC(C)C2)c(F)c1. The Balaban J connectivity index is 2.32. The highest BCUT2D eigenvalue weighted by molar-refractivity contribution is 5.35. The van der Waals surface area contributed by atoms with Gasteiger partial charge in [0.15, 0.2) is 0 Å². The standard InChI is InChI=1S/C14H20FN/c1-9-6-10(2)14(13(15)7-9)12-4-5-16-11(3)8-12/h6-7,11-12,16H,4-5,8H2,1-3H3. The molecule has 0 aromatic heterocycles. The van der Waals surface area contributed by atoms with E-state index in [9.17, 15) is 4.39 Å². The van der Waals surface area contributed by atoms with E-state index in [1.807, 2.05) is 13.8 Å². The van der Waals surface area contributed by atoms with Gasteiger partial charge in [0.1, 0.15) is 5.82 Å². The molecule has 1 aliphatic heterocycles. The average molecular weight is 221 g/mol. The molecule has 2 atom stereocenters. The van der Waals surface area contributed by atoms with Gasteiger partial charge in [0.05, 0.1) is 0 Å². The zero-order valence-corrected chi connectivity index (χ0v) is 10.3. The Kier molecular flexibility index (Phi) is 3.29. The molecule has 1 N–H and O–H groups in total. The Bertz CT molecular complexity index is 363. The quantitative estimate of drug-likeness (QED) is 0.767. The van der Waals surface area contributed by atoms with Crippen LogP contribution in [0.15, 0.2) is 12.1 Å². The molecule has 1 aliphatic rings. The highest BCUT2D eigenvalue weighted by atomic mass is 19.1. The number of piperidine rings is 1. The summed E-state index contributed by atoms with van der Waals surface area (Å²) in [5.74, 6) is 0.369. The number of hydrogen-bond acceptors (Lipinski definition) is 1. The van der Waals surface area contributed by atoms with E-state index in [0.29, 0.717) is 12.0 Å². The molecule has 16 heavy (non-hydrogen) atoms. The lowest BCUT2D eigenvalue weighted by molar-refractivity contribution is 0.372. The van der Waals surface area contributed by atoms with Gasteiger partial charge in [0, 0.05) is 6.04 Å². The number of halogens is 1. The lowest BCUT2D eigenvalue weighted by atomic mass is 9.84. The second-order valence-electron chi connectivity index (χ2n) is 5.05. The van der Waals surface area contributed by atoms with Crippen molar-refractivity contribution in [2.45, 2.75) is 45.6 Å². The van der Waals surface area contributed by atoms with Crippen molar-refractivity contribution in [1.29, 1.82) is 0 Å². The molecule has 0 saturated carbocycles. The fourth-order valence-corrected chi connectivity index (χ4v) is 2.84. The zero-order chi connectivity index (χ0) is 11.7. The van der Waals surface area contributed by atoms with Crippen LogP contribution in [0.5, 0.6) is 0 Å². The normalized spacial score (nSPS) is 25.8. The molecule has 1 nitrogen and oxygen atoms in total. The minimum absolute atomic E-state index is 0.0170. The van der Waals surface area contributed by atoms with Gasteiger partial charge in [-0.1, -0.05) is 6.07 Å². The van der Waals surface area contributed by atoms with Gasteiger partial charge in [-0.25, -0.2) is 4.39 Å². The molecule has 2 unspecified atom stereocenters. The molecule has 0 bridgehead atoms. The summed E-state index contributed by atoms with van der Waals surface area (Å²) in [4.78, 5) is 0. The first-order valence-electron chi connectivity index (χ1n) is 6.08. The molecule has 1 heterocycles. The summed E-state index contributed by atoms with van der Waals surface area (Å²) in [6.45, 7) is 7.15. The second kappa shape index (κ2) is 4.54. The monoisotopic (exact) mass is 221 g/mol. The van der Waals surface area contributed by atoms with Gasteiger partial charge in [0.2, 0.25) is 0 Å². The topological polar surface area (TPSA) is 12.0 Å². The molecule has 2 heteroatoms. The fourth-order valence-electron chi connectivity index (χ4n) is 2.84. The van der Waals surface area contributed by atoms with E-state index in [0.717, 1.165) is 36.1 Å². The van der Waals surface area contributed by atoms with Crippen LogP contribution < -0.4 is 5.32 Å². The van der Waals surface area contributed by atoms with Crippen LogP contribution in [0.2, 0.25) is 0 Å². The maximum Gasteiger partial charge on any atom is 0.127 e. The summed E-state index contributed by atoms with van der Waals surface area (Å²) < 4.78 is 14.0. The Morgan fingerprint density at radius 2 is 2.06 bits per heavy atom. The molecule has 1 aromatic carbocycles. The smallest absolute Gasteiger partial charge is 0.127 e. The third-order valence-corrected chi connectivity index (χ3v) is 3.51. The van der Waals surface area contributed by atoms with Crippen LogP contribution in [-0.4, -0.2) is 12.6 Å². The van der Waals surface area contributed by atoms with Crippen LogP contribution in [0.3, 0.4) is 0 Å². The van der Waals surface area contributed by atoms with Crippen LogP contribution in [0.4, 0.5) is 4.39 Å². The molecular weight excluding hydrogens is 201 g/mol. The molecule has 2 rings (SSSR count). The minimum atomic E-state index is -0.0170. The number of benzene rings is 1. The van der Waals surface area contributed by atoms with Gasteiger partial charge in [-0.3, -0.25) is 0 Å². The minimum Gasteiger partial charge on any atom is -0.314 e. The van der Waals surface area contributed by atoms with Crippen LogP contribution in [0.25, 0.3) is 0 Å². The predicted molar refractivity (Wildman–Crippen MR) is 65.3 cm³/mol. The van der Waals surface area contributed by atoms with Gasteiger partial charge in [0.25, 0.3) is 0 Å². The largest absolute Gasteiger partial charge is 0.314 e. The number of aryl methyl sites for hydroxylation is 2. The van der Waals surface area contributed by atoms with Gasteiger partial charge < -0.3 is 5.32 Å². The molecule has 0 aliphatic carbocycles. The summed E-state index contributed by atoms with van der Waals surface area (Å²) in [7, 11) is 0. The molecule has 88 valence electrons. The molecular formula is C14H20FN. The Morgan fingerprint density at radius 1 is 1.31 bits per heavy atom. The second-order valence-corrected chi connectivity index (χ2v) is 5.05. The first-order chi connectivity index (χ1) is 7.58. The van der Waals surface area contributed by atoms with E-state index in [1.165, 1.54) is 0 Å². The van der Waals surface area contributed by atoms with E-state index in [4.69, 9.17) is 0 Å². The van der Waals surface area contributed by atoms with Gasteiger partial charge >= 0.3 is 0 Å². The summed E-state index contributed by atoms with van der Waals surface area (Å²) in [5, 5.41) is 3.41.